The Balaban J connectivity index is 1.44. The summed E-state index contributed by atoms with van der Waals surface area (Å²) in [4.78, 5) is 40.3. The van der Waals surface area contributed by atoms with Crippen molar-refractivity contribution in [1.82, 2.24) is 4.90 Å². The molecule has 2 aliphatic heterocycles. The van der Waals surface area contributed by atoms with E-state index in [9.17, 15) is 19.5 Å². The number of carbonyl (C=O) groups excluding carboxylic acids is 2. The van der Waals surface area contributed by atoms with Crippen LogP contribution >= 0.6 is 0 Å². The molecule has 2 fully saturated rings. The molecule has 1 aromatic rings. The largest absolute Gasteiger partial charge is 0.481 e. The van der Waals surface area contributed by atoms with Gasteiger partial charge in [-0.3, -0.25) is 14.4 Å². The molecule has 1 saturated heterocycles. The Morgan fingerprint density at radius 2 is 2.11 bits per heavy atom. The van der Waals surface area contributed by atoms with Crippen molar-refractivity contribution in [2.24, 2.45) is 11.3 Å². The zero-order valence-electron chi connectivity index (χ0n) is 15.4. The second-order valence-electron chi connectivity index (χ2n) is 7.79. The predicted molar refractivity (Wildman–Crippen MR) is 97.5 cm³/mol. The lowest BCUT2D eigenvalue weighted by Crippen LogP contribution is -2.46. The highest BCUT2D eigenvalue weighted by atomic mass is 16.5. The van der Waals surface area contributed by atoms with Crippen molar-refractivity contribution in [3.63, 3.8) is 0 Å². The number of likely N-dealkylation sites (tertiary alicyclic amines) is 1. The summed E-state index contributed by atoms with van der Waals surface area (Å²) in [5, 5.41) is 9.68. The summed E-state index contributed by atoms with van der Waals surface area (Å²) >= 11 is 0. The molecule has 0 radical (unpaired) electrons. The topological polar surface area (TPSA) is 87.2 Å². The number of ether oxygens (including phenoxy) is 1. The van der Waals surface area contributed by atoms with E-state index in [2.05, 4.69) is 0 Å². The summed E-state index contributed by atoms with van der Waals surface area (Å²) < 4.78 is 5.62. The molecule has 4 rings (SSSR count). The molecule has 1 saturated carbocycles. The van der Waals surface area contributed by atoms with E-state index in [4.69, 9.17) is 4.74 Å². The second-order valence-corrected chi connectivity index (χ2v) is 7.79. The molecule has 3 atom stereocenters. The van der Waals surface area contributed by atoms with Crippen LogP contribution in [0.15, 0.2) is 24.3 Å². The number of carboxylic acid groups (broad SMARTS) is 1. The van der Waals surface area contributed by atoms with E-state index in [-0.39, 0.29) is 37.2 Å². The predicted octanol–water partition coefficient (Wildman–Crippen LogP) is 1.90. The lowest BCUT2D eigenvalue weighted by molar-refractivity contribution is -0.149. The van der Waals surface area contributed by atoms with E-state index in [0.29, 0.717) is 24.4 Å². The first kappa shape index (κ1) is 17.8. The number of nitrogens with zero attached hydrogens (tertiary/aromatic N) is 2. The normalized spacial score (nSPS) is 29.3. The number of rotatable bonds is 4. The quantitative estimate of drug-likeness (QED) is 0.872. The minimum absolute atomic E-state index is 0.0460. The van der Waals surface area contributed by atoms with Gasteiger partial charge >= 0.3 is 5.97 Å². The van der Waals surface area contributed by atoms with Crippen LogP contribution in [-0.4, -0.2) is 53.5 Å². The van der Waals surface area contributed by atoms with Crippen molar-refractivity contribution >= 4 is 23.5 Å². The minimum atomic E-state index is -0.786. The van der Waals surface area contributed by atoms with Crippen molar-refractivity contribution in [1.29, 1.82) is 0 Å². The molecule has 1 unspecified atom stereocenters. The molecule has 0 spiro atoms. The smallest absolute Gasteiger partial charge is 0.311 e. The number of carboxylic acids is 1. The second kappa shape index (κ2) is 6.55. The van der Waals surface area contributed by atoms with Gasteiger partial charge in [0.2, 0.25) is 5.91 Å². The third-order valence-corrected chi connectivity index (χ3v) is 6.27. The Bertz CT molecular complexity index is 794. The number of para-hydroxylation sites is 2. The first-order valence-electron chi connectivity index (χ1n) is 9.50. The Morgan fingerprint density at radius 3 is 2.85 bits per heavy atom. The van der Waals surface area contributed by atoms with E-state index < -0.39 is 17.5 Å². The molecule has 144 valence electrons. The standard InChI is InChI=1S/C20H24N2O5/c1-13-18(24)22(15-6-2-3-7-16(15)27-13)10-8-17(23)21-11-14-5-4-9-20(14,12-21)19(25)26/h2-3,6-7,13-14H,4-5,8-12H2,1H3,(H,25,26)/t13?,14-,20+/m0/s1. The van der Waals surface area contributed by atoms with E-state index in [1.165, 1.54) is 0 Å². The van der Waals surface area contributed by atoms with Crippen molar-refractivity contribution in [3.8, 4) is 5.75 Å². The van der Waals surface area contributed by atoms with Gasteiger partial charge in [0.15, 0.2) is 6.10 Å². The number of fused-ring (bicyclic) bond motifs is 2. The van der Waals surface area contributed by atoms with E-state index in [1.807, 2.05) is 24.3 Å². The summed E-state index contributed by atoms with van der Waals surface area (Å²) in [6.07, 6.45) is 2.01. The molecule has 2 amide bonds. The van der Waals surface area contributed by atoms with Gasteiger partial charge in [-0.15, -0.1) is 0 Å². The molecular formula is C20H24N2O5. The van der Waals surface area contributed by atoms with Crippen LogP contribution in [0.5, 0.6) is 5.75 Å². The summed E-state index contributed by atoms with van der Waals surface area (Å²) in [5.74, 6) is -0.357. The summed E-state index contributed by atoms with van der Waals surface area (Å²) in [7, 11) is 0. The Kier molecular flexibility index (Phi) is 4.32. The summed E-state index contributed by atoms with van der Waals surface area (Å²) in [5.41, 5.74) is -0.0975. The fraction of sp³-hybridized carbons (Fsp3) is 0.550. The highest BCUT2D eigenvalue weighted by Crippen LogP contribution is 2.49. The third kappa shape index (κ3) is 2.85. The van der Waals surface area contributed by atoms with Crippen LogP contribution in [0.1, 0.15) is 32.6 Å². The van der Waals surface area contributed by atoms with E-state index in [0.717, 1.165) is 12.8 Å². The van der Waals surface area contributed by atoms with Crippen LogP contribution in [-0.2, 0) is 14.4 Å². The van der Waals surface area contributed by atoms with Crippen LogP contribution in [0.25, 0.3) is 0 Å². The fourth-order valence-corrected chi connectivity index (χ4v) is 4.78. The van der Waals surface area contributed by atoms with Gasteiger partial charge in [0, 0.05) is 26.1 Å². The molecule has 1 aliphatic carbocycles. The number of aliphatic carboxylic acids is 1. The zero-order valence-corrected chi connectivity index (χ0v) is 15.4. The zero-order chi connectivity index (χ0) is 19.2. The summed E-state index contributed by atoms with van der Waals surface area (Å²) in [6.45, 7) is 2.76. The first-order chi connectivity index (χ1) is 12.9. The van der Waals surface area contributed by atoms with Gasteiger partial charge in [0.25, 0.3) is 5.91 Å². The molecule has 27 heavy (non-hydrogen) atoms. The van der Waals surface area contributed by atoms with Gasteiger partial charge < -0.3 is 19.6 Å². The Labute approximate surface area is 157 Å². The number of benzene rings is 1. The molecule has 1 N–H and O–H groups in total. The Hall–Kier alpha value is -2.57. The van der Waals surface area contributed by atoms with Crippen LogP contribution in [0.4, 0.5) is 5.69 Å². The number of anilines is 1. The number of amides is 2. The molecule has 0 aromatic heterocycles. The molecule has 2 heterocycles. The van der Waals surface area contributed by atoms with Crippen LogP contribution in [0.3, 0.4) is 0 Å². The SMILES string of the molecule is CC1Oc2ccccc2N(CCC(=O)N2C[C@@H]3CCC[C@@]3(C(=O)O)C2)C1=O. The van der Waals surface area contributed by atoms with Crippen molar-refractivity contribution < 1.29 is 24.2 Å². The molecular weight excluding hydrogens is 348 g/mol. The molecule has 7 nitrogen and oxygen atoms in total. The van der Waals surface area contributed by atoms with Gasteiger partial charge in [-0.25, -0.2) is 0 Å². The number of hydrogen-bond donors (Lipinski definition) is 1. The van der Waals surface area contributed by atoms with Crippen molar-refractivity contribution in [3.05, 3.63) is 24.3 Å². The molecule has 7 heteroatoms. The van der Waals surface area contributed by atoms with Crippen LogP contribution in [0, 0.1) is 11.3 Å². The first-order valence-corrected chi connectivity index (χ1v) is 9.50. The molecule has 1 aromatic carbocycles. The van der Waals surface area contributed by atoms with Gasteiger partial charge in [-0.2, -0.15) is 0 Å². The summed E-state index contributed by atoms with van der Waals surface area (Å²) in [6, 6.07) is 7.30. The average Bonchev–Trinajstić information content (AvgIpc) is 3.20. The lowest BCUT2D eigenvalue weighted by atomic mass is 9.81. The number of carbonyl (C=O) groups is 3. The monoisotopic (exact) mass is 372 g/mol. The highest BCUT2D eigenvalue weighted by Gasteiger charge is 2.55. The van der Waals surface area contributed by atoms with Gasteiger partial charge in [0.05, 0.1) is 11.1 Å². The fourth-order valence-electron chi connectivity index (χ4n) is 4.78. The third-order valence-electron chi connectivity index (χ3n) is 6.27. The van der Waals surface area contributed by atoms with Crippen LogP contribution < -0.4 is 9.64 Å². The van der Waals surface area contributed by atoms with Crippen molar-refractivity contribution in [2.75, 3.05) is 24.5 Å². The van der Waals surface area contributed by atoms with Gasteiger partial charge in [-0.1, -0.05) is 18.6 Å². The maximum atomic E-state index is 12.7. The maximum Gasteiger partial charge on any atom is 0.311 e. The molecule has 3 aliphatic rings. The maximum absolute atomic E-state index is 12.7. The van der Waals surface area contributed by atoms with E-state index in [1.54, 1.807) is 16.7 Å². The Morgan fingerprint density at radius 1 is 1.33 bits per heavy atom. The van der Waals surface area contributed by atoms with Crippen LogP contribution in [0.2, 0.25) is 0 Å². The highest BCUT2D eigenvalue weighted by molar-refractivity contribution is 6.00. The molecule has 0 bridgehead atoms. The van der Waals surface area contributed by atoms with Gasteiger partial charge in [-0.05, 0) is 37.8 Å². The lowest BCUT2D eigenvalue weighted by Gasteiger charge is -2.33. The van der Waals surface area contributed by atoms with E-state index >= 15 is 0 Å². The number of hydrogen-bond acceptors (Lipinski definition) is 4. The minimum Gasteiger partial charge on any atom is -0.481 e. The van der Waals surface area contributed by atoms with Gasteiger partial charge in [0.1, 0.15) is 5.75 Å². The average molecular weight is 372 g/mol. The van der Waals surface area contributed by atoms with Crippen molar-refractivity contribution in [2.45, 2.75) is 38.7 Å².